The number of aliphatic hydroxyl groups is 2. The average molecular weight is 334 g/mol. The number of nitrogens with zero attached hydrogens (tertiary/aromatic N) is 2. The number of hydrogen-bond acceptors (Lipinski definition) is 5. The Morgan fingerprint density at radius 2 is 1.96 bits per heavy atom. The van der Waals surface area contributed by atoms with Gasteiger partial charge in [0.2, 0.25) is 10.0 Å². The number of sulfonamides is 1. The first kappa shape index (κ1) is 16.1. The molecule has 0 saturated carbocycles. The molecule has 122 valence electrons. The summed E-state index contributed by atoms with van der Waals surface area (Å²) in [4.78, 5) is 4.13. The van der Waals surface area contributed by atoms with Gasteiger partial charge in [-0.05, 0) is 24.1 Å². The Morgan fingerprint density at radius 1 is 1.17 bits per heavy atom. The number of fused-ring (bicyclic) bond motifs is 1. The summed E-state index contributed by atoms with van der Waals surface area (Å²) in [5, 5.41) is 20.0. The summed E-state index contributed by atoms with van der Waals surface area (Å²) < 4.78 is 26.8. The van der Waals surface area contributed by atoms with Gasteiger partial charge in [0.1, 0.15) is 0 Å². The molecule has 7 heteroatoms. The van der Waals surface area contributed by atoms with Crippen molar-refractivity contribution in [1.29, 1.82) is 0 Å². The summed E-state index contributed by atoms with van der Waals surface area (Å²) in [5.41, 5.74) is 1.23. The molecule has 1 aliphatic heterocycles. The molecule has 2 aromatic rings. The minimum absolute atomic E-state index is 0.0569. The first-order chi connectivity index (χ1) is 11.1. The summed E-state index contributed by atoms with van der Waals surface area (Å²) in [7, 11) is -3.75. The van der Waals surface area contributed by atoms with E-state index in [0.29, 0.717) is 12.0 Å². The van der Waals surface area contributed by atoms with Gasteiger partial charge in [0.25, 0.3) is 0 Å². The van der Waals surface area contributed by atoms with Gasteiger partial charge < -0.3 is 10.2 Å². The van der Waals surface area contributed by atoms with Crippen molar-refractivity contribution in [3.63, 3.8) is 0 Å². The van der Waals surface area contributed by atoms with E-state index in [0.717, 1.165) is 5.56 Å². The molecule has 23 heavy (non-hydrogen) atoms. The number of aromatic nitrogens is 1. The van der Waals surface area contributed by atoms with Crippen molar-refractivity contribution in [2.75, 3.05) is 13.2 Å². The number of hydrogen-bond donors (Lipinski definition) is 2. The molecule has 0 spiro atoms. The first-order valence-electron chi connectivity index (χ1n) is 7.34. The molecule has 1 aromatic heterocycles. The van der Waals surface area contributed by atoms with E-state index in [2.05, 4.69) is 4.98 Å². The van der Waals surface area contributed by atoms with Crippen LogP contribution in [-0.4, -0.2) is 47.1 Å². The molecule has 0 aliphatic carbocycles. The normalized spacial score (nSPS) is 23.4. The van der Waals surface area contributed by atoms with Gasteiger partial charge in [0.05, 0.1) is 23.6 Å². The second-order valence-corrected chi connectivity index (χ2v) is 7.31. The van der Waals surface area contributed by atoms with Crippen LogP contribution in [0.4, 0.5) is 0 Å². The molecule has 2 heterocycles. The van der Waals surface area contributed by atoms with Gasteiger partial charge in [-0.3, -0.25) is 4.98 Å². The van der Waals surface area contributed by atoms with E-state index in [9.17, 15) is 18.6 Å². The molecule has 3 rings (SSSR count). The smallest absolute Gasteiger partial charge is 0.243 e. The van der Waals surface area contributed by atoms with E-state index >= 15 is 0 Å². The monoisotopic (exact) mass is 334 g/mol. The van der Waals surface area contributed by atoms with Crippen LogP contribution in [0.1, 0.15) is 17.2 Å². The average Bonchev–Trinajstić information content (AvgIpc) is 2.57. The number of pyridine rings is 1. The molecule has 0 radical (unpaired) electrons. The second kappa shape index (κ2) is 6.37. The van der Waals surface area contributed by atoms with E-state index in [4.69, 9.17) is 0 Å². The van der Waals surface area contributed by atoms with E-state index in [1.165, 1.54) is 10.4 Å². The number of rotatable bonds is 4. The van der Waals surface area contributed by atoms with Crippen molar-refractivity contribution in [2.24, 2.45) is 0 Å². The minimum Gasteiger partial charge on any atom is -0.395 e. The van der Waals surface area contributed by atoms with E-state index in [1.54, 1.807) is 36.7 Å². The molecule has 2 atom stereocenters. The summed E-state index contributed by atoms with van der Waals surface area (Å²) in [5.74, 6) is 0. The van der Waals surface area contributed by atoms with Crippen LogP contribution in [0, 0.1) is 0 Å². The van der Waals surface area contributed by atoms with Gasteiger partial charge in [-0.2, -0.15) is 4.31 Å². The van der Waals surface area contributed by atoms with Gasteiger partial charge in [0, 0.05) is 24.5 Å². The highest BCUT2D eigenvalue weighted by Gasteiger charge is 2.43. The van der Waals surface area contributed by atoms with Crippen molar-refractivity contribution in [3.8, 4) is 0 Å². The molecule has 0 fully saturated rings. The first-order valence-corrected chi connectivity index (χ1v) is 8.78. The number of β-amino-alcohol motifs (C(OH)–C–C–N with tert-alkyl or cyclic N) is 1. The van der Waals surface area contributed by atoms with Crippen LogP contribution >= 0.6 is 0 Å². The van der Waals surface area contributed by atoms with Gasteiger partial charge >= 0.3 is 0 Å². The van der Waals surface area contributed by atoms with Gasteiger partial charge in [0.15, 0.2) is 0 Å². The highest BCUT2D eigenvalue weighted by Crippen LogP contribution is 2.37. The van der Waals surface area contributed by atoms with Gasteiger partial charge in [-0.1, -0.05) is 24.3 Å². The van der Waals surface area contributed by atoms with E-state index in [-0.39, 0.29) is 18.0 Å². The molecule has 0 unspecified atom stereocenters. The zero-order chi connectivity index (χ0) is 16.4. The van der Waals surface area contributed by atoms with Crippen molar-refractivity contribution in [1.82, 2.24) is 9.29 Å². The van der Waals surface area contributed by atoms with Crippen LogP contribution in [0.3, 0.4) is 0 Å². The van der Waals surface area contributed by atoms with Gasteiger partial charge in [-0.25, -0.2) is 8.42 Å². The Hall–Kier alpha value is -1.80. The molecule has 0 bridgehead atoms. The fourth-order valence-electron chi connectivity index (χ4n) is 2.99. The van der Waals surface area contributed by atoms with Crippen LogP contribution in [0.15, 0.2) is 53.7 Å². The lowest BCUT2D eigenvalue weighted by Crippen LogP contribution is -2.50. The Labute approximate surface area is 135 Å². The quantitative estimate of drug-likeness (QED) is 0.860. The van der Waals surface area contributed by atoms with Crippen molar-refractivity contribution >= 4 is 10.0 Å². The molecule has 6 nitrogen and oxygen atoms in total. The summed E-state index contributed by atoms with van der Waals surface area (Å²) in [6.45, 7) is -0.365. The standard InChI is InChI=1S/C16H18N2O4S/c19-9-8-18-14(10-12-4-3-7-17-11-12)16(20)13-5-1-2-6-15(13)23(18,21)22/h1-7,11,14,16,19-20H,8-10H2/t14-,16+/m1/s1. The minimum atomic E-state index is -3.75. The zero-order valence-electron chi connectivity index (χ0n) is 12.4. The predicted octanol–water partition coefficient (Wildman–Crippen LogP) is 0.723. The maximum Gasteiger partial charge on any atom is 0.243 e. The lowest BCUT2D eigenvalue weighted by atomic mass is 9.96. The highest BCUT2D eigenvalue weighted by atomic mass is 32.2. The van der Waals surface area contributed by atoms with E-state index in [1.807, 2.05) is 6.07 Å². The van der Waals surface area contributed by atoms with Crippen molar-refractivity contribution in [3.05, 3.63) is 59.9 Å². The molecule has 1 aliphatic rings. The lowest BCUT2D eigenvalue weighted by Gasteiger charge is -2.39. The van der Waals surface area contributed by atoms with Crippen LogP contribution in [-0.2, 0) is 16.4 Å². The molecule has 0 amide bonds. The molecular weight excluding hydrogens is 316 g/mol. The fourth-order valence-corrected chi connectivity index (χ4v) is 4.85. The highest BCUT2D eigenvalue weighted by molar-refractivity contribution is 7.89. The Balaban J connectivity index is 2.07. The second-order valence-electron chi connectivity index (χ2n) is 5.45. The molecule has 0 saturated heterocycles. The largest absolute Gasteiger partial charge is 0.395 e. The Morgan fingerprint density at radius 3 is 2.65 bits per heavy atom. The maximum atomic E-state index is 12.8. The molecule has 1 aromatic carbocycles. The van der Waals surface area contributed by atoms with Crippen LogP contribution < -0.4 is 0 Å². The Bertz CT molecular complexity index is 780. The van der Waals surface area contributed by atoms with Crippen LogP contribution in [0.2, 0.25) is 0 Å². The molecule has 2 N–H and O–H groups in total. The van der Waals surface area contributed by atoms with Gasteiger partial charge in [-0.15, -0.1) is 0 Å². The predicted molar refractivity (Wildman–Crippen MR) is 84.1 cm³/mol. The van der Waals surface area contributed by atoms with Crippen LogP contribution in [0.5, 0.6) is 0 Å². The summed E-state index contributed by atoms with van der Waals surface area (Å²) >= 11 is 0. The van der Waals surface area contributed by atoms with E-state index < -0.39 is 22.2 Å². The summed E-state index contributed by atoms with van der Waals surface area (Å²) in [6.07, 6.45) is 2.65. The SMILES string of the molecule is O=S1(=O)c2ccccc2[C@H](O)[C@@H](Cc2cccnc2)N1CCO. The fraction of sp³-hybridized carbons (Fsp3) is 0.312. The topological polar surface area (TPSA) is 90.7 Å². The van der Waals surface area contributed by atoms with Crippen LogP contribution in [0.25, 0.3) is 0 Å². The van der Waals surface area contributed by atoms with Crippen molar-refractivity contribution in [2.45, 2.75) is 23.5 Å². The third-order valence-corrected chi connectivity index (χ3v) is 6.05. The maximum absolute atomic E-state index is 12.8. The third-order valence-electron chi connectivity index (χ3n) is 4.05. The zero-order valence-corrected chi connectivity index (χ0v) is 13.2. The Kier molecular flexibility index (Phi) is 4.45. The van der Waals surface area contributed by atoms with Crippen molar-refractivity contribution < 1.29 is 18.6 Å². The summed E-state index contributed by atoms with van der Waals surface area (Å²) in [6, 6.07) is 9.38. The number of aliphatic hydroxyl groups excluding tert-OH is 2. The third kappa shape index (κ3) is 2.88. The lowest BCUT2D eigenvalue weighted by molar-refractivity contribution is 0.0724. The molecular formula is C16H18N2O4S. The number of benzene rings is 1.